The summed E-state index contributed by atoms with van der Waals surface area (Å²) in [6, 6.07) is 14.5. The number of fused-ring (bicyclic) bond motifs is 3. The zero-order valence-corrected chi connectivity index (χ0v) is 20.3. The Morgan fingerprint density at radius 2 is 1.66 bits per heavy atom. The monoisotopic (exact) mass is 479 g/mol. The maximum atomic E-state index is 13.0. The third kappa shape index (κ3) is 5.58. The second-order valence-electron chi connectivity index (χ2n) is 10.0. The average Bonchev–Trinajstić information content (AvgIpc) is 3.38. The van der Waals surface area contributed by atoms with Crippen molar-refractivity contribution < 1.29 is 29.0 Å². The Morgan fingerprint density at radius 3 is 2.23 bits per heavy atom. The number of benzene rings is 2. The highest BCUT2D eigenvalue weighted by molar-refractivity contribution is 5.80. The van der Waals surface area contributed by atoms with Gasteiger partial charge in [-0.1, -0.05) is 48.5 Å². The molecule has 1 fully saturated rings. The number of carboxylic acid groups (broad SMARTS) is 1. The fourth-order valence-corrected chi connectivity index (χ4v) is 4.93. The Labute approximate surface area is 205 Å². The van der Waals surface area contributed by atoms with Crippen molar-refractivity contribution >= 4 is 18.2 Å². The molecule has 0 spiro atoms. The Morgan fingerprint density at radius 1 is 1.06 bits per heavy atom. The number of ether oxygens (including phenoxy) is 2. The summed E-state index contributed by atoms with van der Waals surface area (Å²) in [4.78, 5) is 38.3. The average molecular weight is 480 g/mol. The van der Waals surface area contributed by atoms with Gasteiger partial charge in [-0.05, 0) is 62.3 Å². The van der Waals surface area contributed by atoms with Crippen molar-refractivity contribution in [1.29, 1.82) is 0 Å². The molecule has 2 aromatic carbocycles. The molecule has 0 unspecified atom stereocenters. The molecule has 0 bridgehead atoms. The van der Waals surface area contributed by atoms with Crippen LogP contribution in [0.2, 0.25) is 0 Å². The van der Waals surface area contributed by atoms with Crippen LogP contribution < -0.4 is 10.4 Å². The third-order valence-electron chi connectivity index (χ3n) is 6.43. The van der Waals surface area contributed by atoms with Crippen molar-refractivity contribution in [3.05, 3.63) is 59.7 Å². The lowest BCUT2D eigenvalue weighted by molar-refractivity contribution is -0.308. The molecule has 35 heavy (non-hydrogen) atoms. The molecule has 186 valence electrons. The van der Waals surface area contributed by atoms with Crippen molar-refractivity contribution in [3.63, 3.8) is 0 Å². The molecule has 8 heteroatoms. The van der Waals surface area contributed by atoms with E-state index < -0.39 is 29.8 Å². The topological polar surface area (TPSA) is 108 Å². The summed E-state index contributed by atoms with van der Waals surface area (Å²) in [7, 11) is 0. The number of nitrogens with zero attached hydrogens (tertiary/aromatic N) is 1. The van der Waals surface area contributed by atoms with Crippen LogP contribution in [0.5, 0.6) is 0 Å². The molecule has 8 nitrogen and oxygen atoms in total. The van der Waals surface area contributed by atoms with Crippen molar-refractivity contribution in [2.75, 3.05) is 13.2 Å². The van der Waals surface area contributed by atoms with Gasteiger partial charge in [-0.25, -0.2) is 9.59 Å². The van der Waals surface area contributed by atoms with E-state index in [1.807, 2.05) is 24.3 Å². The highest BCUT2D eigenvalue weighted by atomic mass is 16.6. The summed E-state index contributed by atoms with van der Waals surface area (Å²) in [5, 5.41) is 14.0. The van der Waals surface area contributed by atoms with Gasteiger partial charge >= 0.3 is 12.2 Å². The number of rotatable bonds is 6. The zero-order chi connectivity index (χ0) is 25.2. The van der Waals surface area contributed by atoms with E-state index in [0.29, 0.717) is 13.0 Å². The molecule has 1 heterocycles. The molecular formula is C27H31N2O6-. The maximum Gasteiger partial charge on any atom is 0.410 e. The van der Waals surface area contributed by atoms with E-state index in [4.69, 9.17) is 9.47 Å². The highest BCUT2D eigenvalue weighted by Gasteiger charge is 2.35. The normalized spacial score (nSPS) is 17.9. The van der Waals surface area contributed by atoms with E-state index in [1.165, 1.54) is 0 Å². The van der Waals surface area contributed by atoms with E-state index in [2.05, 4.69) is 29.6 Å². The molecule has 2 aromatic rings. The van der Waals surface area contributed by atoms with Crippen LogP contribution in [0, 0.1) is 0 Å². The molecule has 2 aliphatic rings. The van der Waals surface area contributed by atoms with Gasteiger partial charge in [-0.2, -0.15) is 0 Å². The number of hydrogen-bond acceptors (Lipinski definition) is 6. The Bertz CT molecular complexity index is 1060. The Kier molecular flexibility index (Phi) is 7.00. The molecule has 2 amide bonds. The summed E-state index contributed by atoms with van der Waals surface area (Å²) < 4.78 is 10.9. The zero-order valence-electron chi connectivity index (χ0n) is 20.3. The summed E-state index contributed by atoms with van der Waals surface area (Å²) in [6.45, 7) is 5.73. The first-order valence-electron chi connectivity index (χ1n) is 12.0. The van der Waals surface area contributed by atoms with Gasteiger partial charge < -0.3 is 29.6 Å². The molecule has 1 saturated heterocycles. The quantitative estimate of drug-likeness (QED) is 0.680. The van der Waals surface area contributed by atoms with E-state index in [1.54, 1.807) is 25.7 Å². The van der Waals surface area contributed by atoms with Crippen LogP contribution in [-0.4, -0.2) is 53.9 Å². The molecular weight excluding hydrogens is 448 g/mol. The molecule has 0 saturated carbocycles. The van der Waals surface area contributed by atoms with Crippen LogP contribution in [0.25, 0.3) is 11.1 Å². The van der Waals surface area contributed by atoms with Crippen molar-refractivity contribution in [1.82, 2.24) is 10.2 Å². The van der Waals surface area contributed by atoms with E-state index in [0.717, 1.165) is 28.7 Å². The van der Waals surface area contributed by atoms with Crippen molar-refractivity contribution in [3.8, 4) is 11.1 Å². The standard InChI is InChI=1S/C27H32N2O6/c1-27(2,3)35-25(32)28-23(24(30)31)15-17-9-8-14-29(17)26(33)34-16-22-20-12-6-4-10-18(20)19-11-5-7-13-21(19)22/h4-7,10-13,17,22-23H,8-9,14-16H2,1-3H3,(H,28,32)(H,30,31)/p-1/t17-,23+/m0/s1. The van der Waals surface area contributed by atoms with Gasteiger partial charge in [0.15, 0.2) is 0 Å². The SMILES string of the molecule is CC(C)(C)OC(=O)N[C@H](C[C@@H]1CCCN1C(=O)OCC1c2ccccc2-c2ccccc21)C(=O)[O-]. The number of alkyl carbamates (subject to hydrolysis) is 1. The predicted molar refractivity (Wildman–Crippen MR) is 128 cm³/mol. The van der Waals surface area contributed by atoms with Gasteiger partial charge in [0.25, 0.3) is 0 Å². The minimum atomic E-state index is -1.42. The van der Waals surface area contributed by atoms with Crippen molar-refractivity contribution in [2.45, 2.75) is 63.6 Å². The van der Waals surface area contributed by atoms with Gasteiger partial charge in [0.05, 0.1) is 12.0 Å². The van der Waals surface area contributed by atoms with Gasteiger partial charge in [0.2, 0.25) is 0 Å². The first-order chi connectivity index (χ1) is 16.6. The number of carbonyl (C=O) groups excluding carboxylic acids is 3. The molecule has 1 aliphatic carbocycles. The van der Waals surface area contributed by atoms with Crippen LogP contribution in [-0.2, 0) is 14.3 Å². The minimum Gasteiger partial charge on any atom is -0.548 e. The maximum absolute atomic E-state index is 13.0. The van der Waals surface area contributed by atoms with E-state index >= 15 is 0 Å². The van der Waals surface area contributed by atoms with Gasteiger partial charge in [-0.15, -0.1) is 0 Å². The van der Waals surface area contributed by atoms with Crippen LogP contribution in [0.4, 0.5) is 9.59 Å². The summed E-state index contributed by atoms with van der Waals surface area (Å²) in [5.74, 6) is -1.48. The number of carbonyl (C=O) groups is 3. The fraction of sp³-hybridized carbons (Fsp3) is 0.444. The molecule has 2 atom stereocenters. The summed E-state index contributed by atoms with van der Waals surface area (Å²) in [6.07, 6.45) is 0.0395. The van der Waals surface area contributed by atoms with Crippen molar-refractivity contribution in [2.24, 2.45) is 0 Å². The number of likely N-dealkylation sites (tertiary alicyclic amines) is 1. The third-order valence-corrected chi connectivity index (χ3v) is 6.43. The van der Waals surface area contributed by atoms with Crippen LogP contribution in [0.1, 0.15) is 57.1 Å². The largest absolute Gasteiger partial charge is 0.548 e. The Hall–Kier alpha value is -3.55. The van der Waals surface area contributed by atoms with Crippen LogP contribution >= 0.6 is 0 Å². The predicted octanol–water partition coefficient (Wildman–Crippen LogP) is 3.43. The lowest BCUT2D eigenvalue weighted by Crippen LogP contribution is -2.52. The van der Waals surface area contributed by atoms with E-state index in [-0.39, 0.29) is 25.0 Å². The number of nitrogens with one attached hydrogen (secondary N) is 1. The number of hydrogen-bond donors (Lipinski definition) is 1. The molecule has 4 rings (SSSR count). The highest BCUT2D eigenvalue weighted by Crippen LogP contribution is 2.44. The Balaban J connectivity index is 1.40. The first-order valence-corrected chi connectivity index (χ1v) is 12.0. The van der Waals surface area contributed by atoms with Gasteiger partial charge in [-0.3, -0.25) is 0 Å². The minimum absolute atomic E-state index is 0.0196. The molecule has 1 aliphatic heterocycles. The fourth-order valence-electron chi connectivity index (χ4n) is 4.93. The van der Waals surface area contributed by atoms with Gasteiger partial charge in [0.1, 0.15) is 12.2 Å². The number of aliphatic carboxylic acids is 1. The lowest BCUT2D eigenvalue weighted by atomic mass is 9.98. The molecule has 0 radical (unpaired) electrons. The molecule has 1 N–H and O–H groups in total. The summed E-state index contributed by atoms with van der Waals surface area (Å²) in [5.41, 5.74) is 3.78. The number of amides is 2. The molecule has 0 aromatic heterocycles. The van der Waals surface area contributed by atoms with E-state index in [9.17, 15) is 19.5 Å². The lowest BCUT2D eigenvalue weighted by Gasteiger charge is -2.30. The van der Waals surface area contributed by atoms with Gasteiger partial charge in [0, 0.05) is 18.5 Å². The first kappa shape index (κ1) is 24.6. The summed E-state index contributed by atoms with van der Waals surface area (Å²) >= 11 is 0. The second-order valence-corrected chi connectivity index (χ2v) is 10.0. The number of carboxylic acids is 1. The van der Waals surface area contributed by atoms with Crippen LogP contribution in [0.15, 0.2) is 48.5 Å². The smallest absolute Gasteiger partial charge is 0.410 e. The van der Waals surface area contributed by atoms with Crippen LogP contribution in [0.3, 0.4) is 0 Å². The second kappa shape index (κ2) is 9.98.